The van der Waals surface area contributed by atoms with Crippen molar-refractivity contribution in [3.05, 3.63) is 35.4 Å². The van der Waals surface area contributed by atoms with Crippen LogP contribution in [0.4, 0.5) is 0 Å². The Hall–Kier alpha value is -1.66. The second kappa shape index (κ2) is 5.54. The van der Waals surface area contributed by atoms with E-state index in [9.17, 15) is 10.1 Å². The van der Waals surface area contributed by atoms with Gasteiger partial charge in [0.2, 0.25) is 0 Å². The summed E-state index contributed by atoms with van der Waals surface area (Å²) in [6.07, 6.45) is 3.28. The monoisotopic (exact) mass is 257 g/mol. The van der Waals surface area contributed by atoms with Crippen molar-refractivity contribution in [1.29, 1.82) is 5.26 Å². The smallest absolute Gasteiger partial charge is 0.157 e. The van der Waals surface area contributed by atoms with Gasteiger partial charge in [0.1, 0.15) is 5.92 Å². The molecule has 100 valence electrons. The Morgan fingerprint density at radius 3 is 2.63 bits per heavy atom. The molecule has 0 N–H and O–H groups in total. The summed E-state index contributed by atoms with van der Waals surface area (Å²) >= 11 is 0. The Balaban J connectivity index is 2.17. The van der Waals surface area contributed by atoms with Crippen LogP contribution in [-0.4, -0.2) is 18.5 Å². The number of rotatable bonds is 5. The Morgan fingerprint density at radius 2 is 2.16 bits per heavy atom. The van der Waals surface area contributed by atoms with Crippen molar-refractivity contribution < 1.29 is 9.53 Å². The number of ether oxygens (including phenoxy) is 1. The lowest BCUT2D eigenvalue weighted by Crippen LogP contribution is -2.42. The van der Waals surface area contributed by atoms with Gasteiger partial charge >= 0.3 is 0 Å². The van der Waals surface area contributed by atoms with E-state index < -0.39 is 5.92 Å². The Bertz CT molecular complexity index is 506. The Morgan fingerprint density at radius 1 is 1.47 bits per heavy atom. The highest BCUT2D eigenvalue weighted by molar-refractivity contribution is 5.89. The number of nitrogens with zero attached hydrogens (tertiary/aromatic N) is 1. The fraction of sp³-hybridized carbons (Fsp3) is 0.500. The van der Waals surface area contributed by atoms with Crippen molar-refractivity contribution in [1.82, 2.24) is 0 Å². The van der Waals surface area contributed by atoms with Crippen molar-refractivity contribution in [2.24, 2.45) is 0 Å². The molecule has 2 rings (SSSR count). The third-order valence-corrected chi connectivity index (χ3v) is 4.14. The summed E-state index contributed by atoms with van der Waals surface area (Å²) in [7, 11) is 1.65. The lowest BCUT2D eigenvalue weighted by molar-refractivity contribution is -0.132. The Labute approximate surface area is 114 Å². The molecule has 3 heteroatoms. The number of hydrogen-bond donors (Lipinski definition) is 0. The fourth-order valence-electron chi connectivity index (χ4n) is 2.67. The van der Waals surface area contributed by atoms with Gasteiger partial charge in [0, 0.05) is 13.5 Å². The molecule has 1 saturated carbocycles. The van der Waals surface area contributed by atoms with Crippen LogP contribution < -0.4 is 0 Å². The van der Waals surface area contributed by atoms with Crippen LogP contribution >= 0.6 is 0 Å². The van der Waals surface area contributed by atoms with E-state index in [1.165, 1.54) is 0 Å². The number of benzene rings is 1. The van der Waals surface area contributed by atoms with Crippen LogP contribution in [0.3, 0.4) is 0 Å². The van der Waals surface area contributed by atoms with Crippen LogP contribution in [0.15, 0.2) is 24.3 Å². The quantitative estimate of drug-likeness (QED) is 0.814. The molecule has 1 aliphatic rings. The lowest BCUT2D eigenvalue weighted by Gasteiger charge is -2.40. The van der Waals surface area contributed by atoms with Gasteiger partial charge in [-0.1, -0.05) is 24.3 Å². The summed E-state index contributed by atoms with van der Waals surface area (Å²) in [5, 5.41) is 9.32. The Kier molecular flexibility index (Phi) is 4.01. The minimum absolute atomic E-state index is 0.0293. The predicted molar refractivity (Wildman–Crippen MR) is 72.7 cm³/mol. The summed E-state index contributed by atoms with van der Waals surface area (Å²) in [5.74, 6) is -0.702. The summed E-state index contributed by atoms with van der Waals surface area (Å²) < 4.78 is 5.47. The molecule has 0 saturated heterocycles. The number of carbonyl (C=O) groups excluding carboxylic acids is 1. The number of aryl methyl sites for hydroxylation is 1. The van der Waals surface area contributed by atoms with Crippen molar-refractivity contribution >= 4 is 5.78 Å². The molecular formula is C16H19NO2. The lowest BCUT2D eigenvalue weighted by atomic mass is 9.74. The topological polar surface area (TPSA) is 50.1 Å². The van der Waals surface area contributed by atoms with Gasteiger partial charge < -0.3 is 4.74 Å². The first kappa shape index (κ1) is 13.8. The third-order valence-electron chi connectivity index (χ3n) is 4.14. The zero-order valence-electron chi connectivity index (χ0n) is 11.5. The molecule has 0 aromatic heterocycles. The van der Waals surface area contributed by atoms with Crippen molar-refractivity contribution in [3.63, 3.8) is 0 Å². The SMILES string of the molecule is COC1(CC(=O)C(C#N)c2ccccc2C)CCC1. The molecule has 19 heavy (non-hydrogen) atoms. The molecule has 0 bridgehead atoms. The van der Waals surface area contributed by atoms with E-state index in [1.807, 2.05) is 31.2 Å². The first-order valence-corrected chi connectivity index (χ1v) is 6.65. The van der Waals surface area contributed by atoms with E-state index in [-0.39, 0.29) is 11.4 Å². The average Bonchev–Trinajstić information content (AvgIpc) is 2.37. The minimum atomic E-state index is -0.672. The molecule has 0 spiro atoms. The summed E-state index contributed by atoms with van der Waals surface area (Å²) in [6.45, 7) is 1.93. The van der Waals surface area contributed by atoms with Gasteiger partial charge in [-0.15, -0.1) is 0 Å². The number of methoxy groups -OCH3 is 1. The molecule has 1 unspecified atom stereocenters. The minimum Gasteiger partial charge on any atom is -0.378 e. The van der Waals surface area contributed by atoms with E-state index >= 15 is 0 Å². The fourth-order valence-corrected chi connectivity index (χ4v) is 2.67. The van der Waals surface area contributed by atoms with Gasteiger partial charge in [-0.05, 0) is 37.3 Å². The number of carbonyl (C=O) groups is 1. The summed E-state index contributed by atoms with van der Waals surface area (Å²) in [6, 6.07) is 9.73. The van der Waals surface area contributed by atoms with Crippen LogP contribution in [0.2, 0.25) is 0 Å². The third kappa shape index (κ3) is 2.69. The normalized spacial score (nSPS) is 18.2. The average molecular weight is 257 g/mol. The van der Waals surface area contributed by atoms with Gasteiger partial charge in [0.05, 0.1) is 11.7 Å². The van der Waals surface area contributed by atoms with E-state index in [0.29, 0.717) is 6.42 Å². The highest BCUT2D eigenvalue weighted by Gasteiger charge is 2.40. The molecule has 3 nitrogen and oxygen atoms in total. The van der Waals surface area contributed by atoms with Crippen LogP contribution in [-0.2, 0) is 9.53 Å². The summed E-state index contributed by atoms with van der Waals surface area (Å²) in [5.41, 5.74) is 1.50. The van der Waals surface area contributed by atoms with Crippen LogP contribution in [0, 0.1) is 18.3 Å². The maximum atomic E-state index is 12.4. The standard InChI is InChI=1S/C16H19NO2/c1-12-6-3-4-7-13(12)14(11-17)15(18)10-16(19-2)8-5-9-16/h3-4,6-7,14H,5,8-10H2,1-2H3. The molecule has 1 atom stereocenters. The first-order valence-electron chi connectivity index (χ1n) is 6.65. The van der Waals surface area contributed by atoms with E-state index in [2.05, 4.69) is 6.07 Å². The molecule has 0 aliphatic heterocycles. The van der Waals surface area contributed by atoms with E-state index in [4.69, 9.17) is 4.74 Å². The molecule has 1 aromatic carbocycles. The molecule has 0 amide bonds. The van der Waals surface area contributed by atoms with E-state index in [1.54, 1.807) is 7.11 Å². The van der Waals surface area contributed by atoms with Crippen molar-refractivity contribution in [2.75, 3.05) is 7.11 Å². The number of Topliss-reactive ketones (excluding diaryl/α,β-unsaturated/α-hetero) is 1. The highest BCUT2D eigenvalue weighted by Crippen LogP contribution is 2.39. The second-order valence-corrected chi connectivity index (χ2v) is 5.30. The van der Waals surface area contributed by atoms with E-state index in [0.717, 1.165) is 30.4 Å². The highest BCUT2D eigenvalue weighted by atomic mass is 16.5. The number of hydrogen-bond acceptors (Lipinski definition) is 3. The molecule has 1 aliphatic carbocycles. The van der Waals surface area contributed by atoms with Gasteiger partial charge in [0.25, 0.3) is 0 Å². The molecular weight excluding hydrogens is 238 g/mol. The predicted octanol–water partition coefficient (Wildman–Crippen LogP) is 3.13. The number of nitriles is 1. The largest absolute Gasteiger partial charge is 0.378 e. The van der Waals surface area contributed by atoms with Gasteiger partial charge in [0.15, 0.2) is 5.78 Å². The molecule has 1 aromatic rings. The van der Waals surface area contributed by atoms with Crippen LogP contribution in [0.1, 0.15) is 42.7 Å². The van der Waals surface area contributed by atoms with Gasteiger partial charge in [-0.3, -0.25) is 4.79 Å². The maximum absolute atomic E-state index is 12.4. The second-order valence-electron chi connectivity index (χ2n) is 5.30. The zero-order valence-corrected chi connectivity index (χ0v) is 11.5. The van der Waals surface area contributed by atoms with Crippen molar-refractivity contribution in [3.8, 4) is 6.07 Å². The molecule has 0 heterocycles. The van der Waals surface area contributed by atoms with Crippen LogP contribution in [0.25, 0.3) is 0 Å². The van der Waals surface area contributed by atoms with Gasteiger partial charge in [-0.2, -0.15) is 5.26 Å². The summed E-state index contributed by atoms with van der Waals surface area (Å²) in [4.78, 5) is 12.4. The van der Waals surface area contributed by atoms with Gasteiger partial charge in [-0.25, -0.2) is 0 Å². The number of ketones is 1. The maximum Gasteiger partial charge on any atom is 0.157 e. The zero-order chi connectivity index (χ0) is 13.9. The first-order chi connectivity index (χ1) is 9.12. The van der Waals surface area contributed by atoms with Crippen molar-refractivity contribution in [2.45, 2.75) is 44.1 Å². The molecule has 1 fully saturated rings. The molecule has 0 radical (unpaired) electrons. The van der Waals surface area contributed by atoms with Crippen LogP contribution in [0.5, 0.6) is 0 Å².